The van der Waals surface area contributed by atoms with Crippen LogP contribution in [0.3, 0.4) is 0 Å². The van der Waals surface area contributed by atoms with Crippen molar-refractivity contribution in [2.24, 2.45) is 5.92 Å². The lowest BCUT2D eigenvalue weighted by atomic mass is 9.86. The molecular formula is C17H23FN4O. The van der Waals surface area contributed by atoms with E-state index in [-0.39, 0.29) is 17.7 Å². The molecule has 1 aromatic heterocycles. The van der Waals surface area contributed by atoms with Crippen LogP contribution in [0.25, 0.3) is 5.57 Å². The predicted molar refractivity (Wildman–Crippen MR) is 88.2 cm³/mol. The molecule has 2 aliphatic rings. The third-order valence-electron chi connectivity index (χ3n) is 4.80. The molecule has 5 nitrogen and oxygen atoms in total. The summed E-state index contributed by atoms with van der Waals surface area (Å²) in [6.45, 7) is 2.55. The molecule has 6 heteroatoms. The van der Waals surface area contributed by atoms with Gasteiger partial charge in [0, 0.05) is 18.0 Å². The maximum absolute atomic E-state index is 14.1. The molecule has 124 valence electrons. The van der Waals surface area contributed by atoms with Gasteiger partial charge in [-0.05, 0) is 45.0 Å². The molecular weight excluding hydrogens is 295 g/mol. The predicted octanol–water partition coefficient (Wildman–Crippen LogP) is 1.46. The molecule has 0 aromatic carbocycles. The molecule has 2 aliphatic heterocycles. The Morgan fingerprint density at radius 1 is 1.39 bits per heavy atom. The highest BCUT2D eigenvalue weighted by atomic mass is 19.1. The van der Waals surface area contributed by atoms with Crippen molar-refractivity contribution in [2.75, 3.05) is 32.4 Å². The number of rotatable bonds is 3. The molecule has 1 aromatic rings. The number of anilines is 1. The highest BCUT2D eigenvalue weighted by Crippen LogP contribution is 2.29. The molecule has 0 aliphatic carbocycles. The number of likely N-dealkylation sites (tertiary alicyclic amines) is 1. The molecule has 3 heterocycles. The van der Waals surface area contributed by atoms with E-state index in [4.69, 9.17) is 5.73 Å². The molecule has 0 saturated carbocycles. The van der Waals surface area contributed by atoms with Gasteiger partial charge in [0.15, 0.2) is 11.6 Å². The standard InChI is InChI=1S/C17H23FN4O/c1-22-6-3-11(4-7-22)17(23)15-8-12(2-5-21-15)16-13(18)9-20-10-14(16)19/h8-11,15,21H,2-7,19H2,1H3. The highest BCUT2D eigenvalue weighted by Gasteiger charge is 2.30. The largest absolute Gasteiger partial charge is 0.397 e. The molecule has 0 amide bonds. The van der Waals surface area contributed by atoms with Crippen LogP contribution >= 0.6 is 0 Å². The summed E-state index contributed by atoms with van der Waals surface area (Å²) >= 11 is 0. The van der Waals surface area contributed by atoms with E-state index >= 15 is 0 Å². The smallest absolute Gasteiger partial charge is 0.156 e. The molecule has 0 bridgehead atoms. The Morgan fingerprint density at radius 3 is 2.83 bits per heavy atom. The number of hydrogen-bond donors (Lipinski definition) is 2. The van der Waals surface area contributed by atoms with Gasteiger partial charge in [-0.25, -0.2) is 4.39 Å². The zero-order valence-corrected chi connectivity index (χ0v) is 13.4. The van der Waals surface area contributed by atoms with Crippen LogP contribution in [0.2, 0.25) is 0 Å². The zero-order chi connectivity index (χ0) is 16.4. The number of nitrogens with two attached hydrogens (primary N) is 1. The number of halogens is 1. The summed E-state index contributed by atoms with van der Waals surface area (Å²) in [5.41, 5.74) is 7.39. The number of pyridine rings is 1. The average molecular weight is 318 g/mol. The molecule has 23 heavy (non-hydrogen) atoms. The summed E-state index contributed by atoms with van der Waals surface area (Å²) in [5.74, 6) is -0.133. The third-order valence-corrected chi connectivity index (χ3v) is 4.80. The first-order chi connectivity index (χ1) is 11.1. The van der Waals surface area contributed by atoms with E-state index in [1.54, 1.807) is 0 Å². The number of nitrogen functional groups attached to an aromatic ring is 1. The Kier molecular flexibility index (Phi) is 4.73. The summed E-state index contributed by atoms with van der Waals surface area (Å²) in [4.78, 5) is 18.7. The van der Waals surface area contributed by atoms with Gasteiger partial charge in [-0.15, -0.1) is 0 Å². The lowest BCUT2D eigenvalue weighted by Gasteiger charge is -2.31. The fourth-order valence-electron chi connectivity index (χ4n) is 3.43. The lowest BCUT2D eigenvalue weighted by Crippen LogP contribution is -2.44. The van der Waals surface area contributed by atoms with Gasteiger partial charge < -0.3 is 16.0 Å². The first-order valence-corrected chi connectivity index (χ1v) is 8.12. The van der Waals surface area contributed by atoms with Gasteiger partial charge in [-0.2, -0.15) is 0 Å². The van der Waals surface area contributed by atoms with Crippen LogP contribution in [-0.4, -0.2) is 48.4 Å². The van der Waals surface area contributed by atoms with Gasteiger partial charge in [0.2, 0.25) is 0 Å². The normalized spacial score (nSPS) is 23.6. The van der Waals surface area contributed by atoms with Gasteiger partial charge in [0.1, 0.15) is 0 Å². The van der Waals surface area contributed by atoms with Crippen molar-refractivity contribution in [3.05, 3.63) is 29.9 Å². The maximum atomic E-state index is 14.1. The Morgan fingerprint density at radius 2 is 2.13 bits per heavy atom. The summed E-state index contributed by atoms with van der Waals surface area (Å²) in [5, 5.41) is 3.25. The monoisotopic (exact) mass is 318 g/mol. The average Bonchev–Trinajstić information content (AvgIpc) is 2.55. The van der Waals surface area contributed by atoms with Crippen LogP contribution in [-0.2, 0) is 4.79 Å². The Balaban J connectivity index is 1.80. The van der Waals surface area contributed by atoms with Crippen LogP contribution in [0.5, 0.6) is 0 Å². The Hall–Kier alpha value is -1.79. The van der Waals surface area contributed by atoms with Crippen molar-refractivity contribution in [1.29, 1.82) is 0 Å². The van der Waals surface area contributed by atoms with Crippen molar-refractivity contribution in [1.82, 2.24) is 15.2 Å². The maximum Gasteiger partial charge on any atom is 0.156 e. The summed E-state index contributed by atoms with van der Waals surface area (Å²) in [7, 11) is 2.08. The van der Waals surface area contributed by atoms with E-state index < -0.39 is 5.82 Å². The highest BCUT2D eigenvalue weighted by molar-refractivity contribution is 5.91. The van der Waals surface area contributed by atoms with Crippen LogP contribution in [0.4, 0.5) is 10.1 Å². The second-order valence-corrected chi connectivity index (χ2v) is 6.44. The molecule has 0 spiro atoms. The third kappa shape index (κ3) is 3.43. The van der Waals surface area contributed by atoms with Gasteiger partial charge in [0.05, 0.1) is 24.1 Å². The number of aromatic nitrogens is 1. The lowest BCUT2D eigenvalue weighted by molar-refractivity contribution is -0.125. The number of carbonyl (C=O) groups excluding carboxylic acids is 1. The summed E-state index contributed by atoms with van der Waals surface area (Å²) in [6.07, 6.45) is 6.91. The van der Waals surface area contributed by atoms with E-state index in [2.05, 4.69) is 22.2 Å². The van der Waals surface area contributed by atoms with Crippen molar-refractivity contribution in [3.63, 3.8) is 0 Å². The van der Waals surface area contributed by atoms with Crippen LogP contribution in [0, 0.1) is 11.7 Å². The molecule has 1 saturated heterocycles. The summed E-state index contributed by atoms with van der Waals surface area (Å²) in [6, 6.07) is -0.348. The van der Waals surface area contributed by atoms with E-state index in [0.717, 1.165) is 31.5 Å². The van der Waals surface area contributed by atoms with Gasteiger partial charge in [0.25, 0.3) is 0 Å². The topological polar surface area (TPSA) is 71.2 Å². The number of carbonyl (C=O) groups is 1. The zero-order valence-electron chi connectivity index (χ0n) is 13.4. The number of nitrogens with one attached hydrogen (secondary N) is 1. The first-order valence-electron chi connectivity index (χ1n) is 8.12. The fourth-order valence-corrected chi connectivity index (χ4v) is 3.43. The van der Waals surface area contributed by atoms with Crippen LogP contribution in [0.1, 0.15) is 24.8 Å². The number of hydrogen-bond acceptors (Lipinski definition) is 5. The minimum Gasteiger partial charge on any atom is -0.397 e. The van der Waals surface area contributed by atoms with Gasteiger partial charge in [-0.3, -0.25) is 9.78 Å². The minimum atomic E-state index is -0.427. The fraction of sp³-hybridized carbons (Fsp3) is 0.529. The second-order valence-electron chi connectivity index (χ2n) is 6.44. The number of nitrogens with zero attached hydrogens (tertiary/aromatic N) is 2. The number of Topliss-reactive ketones (excluding diaryl/α,β-unsaturated/α-hetero) is 1. The quantitative estimate of drug-likeness (QED) is 0.883. The minimum absolute atomic E-state index is 0.0823. The molecule has 0 radical (unpaired) electrons. The first kappa shape index (κ1) is 16.1. The second kappa shape index (κ2) is 6.76. The van der Waals surface area contributed by atoms with Crippen molar-refractivity contribution in [3.8, 4) is 0 Å². The van der Waals surface area contributed by atoms with Crippen molar-refractivity contribution >= 4 is 17.0 Å². The van der Waals surface area contributed by atoms with Crippen LogP contribution in [0.15, 0.2) is 18.5 Å². The molecule has 1 atom stereocenters. The van der Waals surface area contributed by atoms with Gasteiger partial charge in [-0.1, -0.05) is 6.08 Å². The molecule has 3 N–H and O–H groups in total. The van der Waals surface area contributed by atoms with E-state index in [9.17, 15) is 9.18 Å². The van der Waals surface area contributed by atoms with E-state index in [1.807, 2.05) is 6.08 Å². The SMILES string of the molecule is CN1CCC(C(=O)C2C=C(c3c(N)cncc3F)CCN2)CC1. The van der Waals surface area contributed by atoms with Crippen molar-refractivity contribution in [2.45, 2.75) is 25.3 Å². The number of piperidine rings is 1. The molecule has 1 unspecified atom stereocenters. The Labute approximate surface area is 135 Å². The van der Waals surface area contributed by atoms with E-state index in [1.165, 1.54) is 12.4 Å². The Bertz CT molecular complexity index is 603. The van der Waals surface area contributed by atoms with Gasteiger partial charge >= 0.3 is 0 Å². The molecule has 3 rings (SSSR count). The van der Waals surface area contributed by atoms with Crippen molar-refractivity contribution < 1.29 is 9.18 Å². The summed E-state index contributed by atoms with van der Waals surface area (Å²) < 4.78 is 14.1. The molecule has 1 fully saturated rings. The van der Waals surface area contributed by atoms with E-state index in [0.29, 0.717) is 24.2 Å². The van der Waals surface area contributed by atoms with Crippen LogP contribution < -0.4 is 11.1 Å². The number of ketones is 1.